The molecule has 1 saturated heterocycles. The lowest BCUT2D eigenvalue weighted by molar-refractivity contribution is -0.125. The minimum Gasteiger partial charge on any atom is -0.337 e. The molecule has 1 aromatic heterocycles. The molecular weight excluding hydrogens is 373 g/mol. The number of halogens is 1. The van der Waals surface area contributed by atoms with Gasteiger partial charge in [0.2, 0.25) is 5.91 Å². The van der Waals surface area contributed by atoms with Crippen molar-refractivity contribution in [3.05, 3.63) is 66.1 Å². The molecule has 0 radical (unpaired) electrons. The van der Waals surface area contributed by atoms with E-state index in [2.05, 4.69) is 5.32 Å². The van der Waals surface area contributed by atoms with E-state index in [1.807, 2.05) is 6.07 Å². The van der Waals surface area contributed by atoms with Crippen LogP contribution in [0.1, 0.15) is 23.2 Å². The van der Waals surface area contributed by atoms with Crippen LogP contribution in [0.5, 0.6) is 0 Å². The minimum absolute atomic E-state index is 0.0386. The van der Waals surface area contributed by atoms with Gasteiger partial charge in [-0.05, 0) is 43.2 Å². The van der Waals surface area contributed by atoms with Gasteiger partial charge in [-0.3, -0.25) is 14.4 Å². The van der Waals surface area contributed by atoms with Crippen molar-refractivity contribution in [3.8, 4) is 0 Å². The molecule has 29 heavy (non-hydrogen) atoms. The fraction of sp³-hybridized carbons (Fsp3) is 0.227. The molecular formula is C22H20FN3O3. The van der Waals surface area contributed by atoms with Gasteiger partial charge in [-0.15, -0.1) is 0 Å². The number of nitrogens with one attached hydrogen (secondary N) is 1. The first kappa shape index (κ1) is 18.9. The lowest BCUT2D eigenvalue weighted by Gasteiger charge is -2.13. The molecule has 2 amide bonds. The number of likely N-dealkylation sites (tertiary alicyclic amines) is 1. The number of benzene rings is 2. The van der Waals surface area contributed by atoms with E-state index >= 15 is 0 Å². The summed E-state index contributed by atoms with van der Waals surface area (Å²) in [6, 6.07) is 12.7. The van der Waals surface area contributed by atoms with E-state index in [-0.39, 0.29) is 18.3 Å². The van der Waals surface area contributed by atoms with E-state index in [9.17, 15) is 18.8 Å². The van der Waals surface area contributed by atoms with Gasteiger partial charge in [0.1, 0.15) is 12.4 Å². The average molecular weight is 393 g/mol. The molecule has 7 heteroatoms. The van der Waals surface area contributed by atoms with Crippen LogP contribution < -0.4 is 5.32 Å². The van der Waals surface area contributed by atoms with E-state index in [1.165, 1.54) is 24.3 Å². The predicted molar refractivity (Wildman–Crippen MR) is 107 cm³/mol. The molecule has 3 aromatic rings. The normalized spacial score (nSPS) is 13.6. The highest BCUT2D eigenvalue weighted by Gasteiger charge is 2.28. The van der Waals surface area contributed by atoms with Crippen LogP contribution in [0.3, 0.4) is 0 Å². The van der Waals surface area contributed by atoms with Crippen molar-refractivity contribution in [2.45, 2.75) is 19.4 Å². The van der Waals surface area contributed by atoms with Crippen LogP contribution in [0.15, 0.2) is 54.7 Å². The predicted octanol–water partition coefficient (Wildman–Crippen LogP) is 3.22. The van der Waals surface area contributed by atoms with Gasteiger partial charge in [-0.1, -0.05) is 18.2 Å². The molecule has 1 N–H and O–H groups in total. The second-order valence-electron chi connectivity index (χ2n) is 7.07. The molecule has 1 fully saturated rings. The Hall–Kier alpha value is -3.48. The molecule has 0 unspecified atom stereocenters. The van der Waals surface area contributed by atoms with Crippen molar-refractivity contribution < 1.29 is 18.8 Å². The maximum Gasteiger partial charge on any atom is 0.295 e. The number of nitrogens with zero attached hydrogens (tertiary/aromatic N) is 2. The Bertz CT molecular complexity index is 1080. The van der Waals surface area contributed by atoms with Crippen LogP contribution in [0.2, 0.25) is 0 Å². The number of carbonyl (C=O) groups is 3. The number of rotatable bonds is 5. The molecule has 0 bridgehead atoms. The molecule has 6 nitrogen and oxygen atoms in total. The molecule has 1 aliphatic rings. The second-order valence-corrected chi connectivity index (χ2v) is 7.07. The van der Waals surface area contributed by atoms with E-state index in [0.29, 0.717) is 35.2 Å². The fourth-order valence-electron chi connectivity index (χ4n) is 3.63. The maximum atomic E-state index is 13.0. The van der Waals surface area contributed by atoms with Crippen molar-refractivity contribution in [1.82, 2.24) is 9.47 Å². The van der Waals surface area contributed by atoms with E-state index in [1.54, 1.807) is 33.9 Å². The van der Waals surface area contributed by atoms with E-state index in [4.69, 9.17) is 0 Å². The SMILES string of the molecule is O=C(Cn1cc(C(=O)C(=O)N2CCCC2)c2ccccc21)Nc1ccc(F)cc1. The summed E-state index contributed by atoms with van der Waals surface area (Å²) in [5.74, 6) is -1.76. The number of Topliss-reactive ketones (excluding diaryl/α,β-unsaturated/α-hetero) is 1. The number of anilines is 1. The van der Waals surface area contributed by atoms with Gasteiger partial charge in [-0.2, -0.15) is 0 Å². The summed E-state index contributed by atoms with van der Waals surface area (Å²) in [5, 5.41) is 3.34. The van der Waals surface area contributed by atoms with Gasteiger partial charge >= 0.3 is 0 Å². The zero-order valence-corrected chi connectivity index (χ0v) is 15.7. The third kappa shape index (κ3) is 3.89. The number of amides is 2. The van der Waals surface area contributed by atoms with Gasteiger partial charge in [0.15, 0.2) is 0 Å². The van der Waals surface area contributed by atoms with Crippen LogP contribution in [-0.4, -0.2) is 40.2 Å². The molecule has 4 rings (SSSR count). The number of hydrogen-bond donors (Lipinski definition) is 1. The maximum absolute atomic E-state index is 13.0. The summed E-state index contributed by atoms with van der Waals surface area (Å²) >= 11 is 0. The van der Waals surface area contributed by atoms with Crippen molar-refractivity contribution in [2.75, 3.05) is 18.4 Å². The zero-order valence-electron chi connectivity index (χ0n) is 15.7. The molecule has 2 heterocycles. The summed E-state index contributed by atoms with van der Waals surface area (Å²) in [4.78, 5) is 39.4. The Labute approximate surface area is 166 Å². The van der Waals surface area contributed by atoms with E-state index < -0.39 is 11.7 Å². The fourth-order valence-corrected chi connectivity index (χ4v) is 3.63. The van der Waals surface area contributed by atoms with Crippen LogP contribution >= 0.6 is 0 Å². The largest absolute Gasteiger partial charge is 0.337 e. The summed E-state index contributed by atoms with van der Waals surface area (Å²) in [6.45, 7) is 1.16. The van der Waals surface area contributed by atoms with Crippen LogP contribution in [0.4, 0.5) is 10.1 Å². The molecule has 148 valence electrons. The Kier molecular flexibility index (Phi) is 5.12. The summed E-state index contributed by atoms with van der Waals surface area (Å²) < 4.78 is 14.7. The monoisotopic (exact) mass is 393 g/mol. The Morgan fingerprint density at radius 3 is 2.38 bits per heavy atom. The summed E-state index contributed by atoms with van der Waals surface area (Å²) in [7, 11) is 0. The number of hydrogen-bond acceptors (Lipinski definition) is 3. The molecule has 0 spiro atoms. The number of ketones is 1. The van der Waals surface area contributed by atoms with Crippen molar-refractivity contribution in [1.29, 1.82) is 0 Å². The number of aromatic nitrogens is 1. The van der Waals surface area contributed by atoms with Crippen LogP contribution in [0.25, 0.3) is 10.9 Å². The first-order valence-corrected chi connectivity index (χ1v) is 9.50. The number of para-hydroxylation sites is 1. The third-order valence-electron chi connectivity index (χ3n) is 5.06. The van der Waals surface area contributed by atoms with Gasteiger partial charge < -0.3 is 14.8 Å². The Morgan fingerprint density at radius 2 is 1.66 bits per heavy atom. The molecule has 1 aliphatic heterocycles. The third-order valence-corrected chi connectivity index (χ3v) is 5.06. The molecule has 0 saturated carbocycles. The van der Waals surface area contributed by atoms with Gasteiger partial charge in [0, 0.05) is 35.9 Å². The van der Waals surface area contributed by atoms with E-state index in [0.717, 1.165) is 12.8 Å². The van der Waals surface area contributed by atoms with Crippen LogP contribution in [0, 0.1) is 5.82 Å². The zero-order chi connectivity index (χ0) is 20.4. The molecule has 0 aliphatic carbocycles. The topological polar surface area (TPSA) is 71.4 Å². The smallest absolute Gasteiger partial charge is 0.295 e. The van der Waals surface area contributed by atoms with Gasteiger partial charge in [-0.25, -0.2) is 4.39 Å². The van der Waals surface area contributed by atoms with Crippen molar-refractivity contribution in [3.63, 3.8) is 0 Å². The number of carbonyl (C=O) groups excluding carboxylic acids is 3. The van der Waals surface area contributed by atoms with Crippen molar-refractivity contribution >= 4 is 34.2 Å². The Morgan fingerprint density at radius 1 is 0.966 bits per heavy atom. The van der Waals surface area contributed by atoms with Crippen molar-refractivity contribution in [2.24, 2.45) is 0 Å². The summed E-state index contributed by atoms with van der Waals surface area (Å²) in [5.41, 5.74) is 1.47. The first-order valence-electron chi connectivity index (χ1n) is 9.50. The number of fused-ring (bicyclic) bond motifs is 1. The lowest BCUT2D eigenvalue weighted by Crippen LogP contribution is -2.34. The second kappa shape index (κ2) is 7.87. The molecule has 0 atom stereocenters. The highest BCUT2D eigenvalue weighted by Crippen LogP contribution is 2.23. The standard InChI is InChI=1S/C22H20FN3O3/c23-15-7-9-16(10-8-15)24-20(27)14-26-13-18(17-5-1-2-6-19(17)26)21(28)22(29)25-11-3-4-12-25/h1-2,5-10,13H,3-4,11-12,14H2,(H,24,27). The molecule has 2 aromatic carbocycles. The van der Waals surface area contributed by atoms with Gasteiger partial charge in [0.25, 0.3) is 11.7 Å². The Balaban J connectivity index is 1.58. The minimum atomic E-state index is -0.555. The average Bonchev–Trinajstić information content (AvgIpc) is 3.38. The highest BCUT2D eigenvalue weighted by atomic mass is 19.1. The lowest BCUT2D eigenvalue weighted by atomic mass is 10.1. The highest BCUT2D eigenvalue weighted by molar-refractivity contribution is 6.44. The summed E-state index contributed by atoms with van der Waals surface area (Å²) in [6.07, 6.45) is 3.37. The quantitative estimate of drug-likeness (QED) is 0.534. The first-order chi connectivity index (χ1) is 14.0. The van der Waals surface area contributed by atoms with Crippen LogP contribution in [-0.2, 0) is 16.1 Å². The van der Waals surface area contributed by atoms with Gasteiger partial charge in [0.05, 0.1) is 5.56 Å².